The molecule has 0 bridgehead atoms. The molecule has 2 heterocycles. The zero-order chi connectivity index (χ0) is 12.3. The summed E-state index contributed by atoms with van der Waals surface area (Å²) < 4.78 is 1.84. The normalized spacial score (nSPS) is 11.5. The molecule has 0 fully saturated rings. The van der Waals surface area contributed by atoms with E-state index in [-0.39, 0.29) is 0 Å². The van der Waals surface area contributed by atoms with Crippen molar-refractivity contribution in [3.8, 4) is 0 Å². The van der Waals surface area contributed by atoms with Gasteiger partial charge in [0.1, 0.15) is 0 Å². The summed E-state index contributed by atoms with van der Waals surface area (Å²) in [6.07, 6.45) is 1.95. The smallest absolute Gasteiger partial charge is 0.177 e. The molecule has 2 rings (SSSR count). The average molecular weight is 233 g/mol. The van der Waals surface area contributed by atoms with E-state index in [4.69, 9.17) is 0 Å². The Balaban J connectivity index is 2.01. The number of rotatable bonds is 5. The number of hydrogen-bond donors (Lipinski definition) is 1. The minimum Gasteiger partial charge on any atom is -0.315 e. The summed E-state index contributed by atoms with van der Waals surface area (Å²) in [7, 11) is 0. The van der Waals surface area contributed by atoms with Crippen molar-refractivity contribution < 1.29 is 0 Å². The van der Waals surface area contributed by atoms with Crippen molar-refractivity contribution in [2.45, 2.75) is 39.7 Å². The number of fused-ring (bicyclic) bond motifs is 1. The van der Waals surface area contributed by atoms with E-state index in [0.29, 0.717) is 6.04 Å². The highest BCUT2D eigenvalue weighted by molar-refractivity contribution is 5.35. The van der Waals surface area contributed by atoms with Crippen molar-refractivity contribution in [3.05, 3.63) is 23.7 Å². The molecule has 0 aliphatic carbocycles. The minimum atomic E-state index is 0.533. The molecule has 0 radical (unpaired) electrons. The standard InChI is InChI=1S/C12H19N5/c1-9(2)13-8-4-5-11-14-15-12-7-6-10(3)16-17(11)12/h6-7,9,13H,4-5,8H2,1-3H3. The Morgan fingerprint density at radius 2 is 2.12 bits per heavy atom. The summed E-state index contributed by atoms with van der Waals surface area (Å²) in [5.41, 5.74) is 1.81. The minimum absolute atomic E-state index is 0.533. The van der Waals surface area contributed by atoms with Gasteiger partial charge in [-0.1, -0.05) is 13.8 Å². The fraction of sp³-hybridized carbons (Fsp3) is 0.583. The molecular formula is C12H19N5. The first kappa shape index (κ1) is 12.0. The van der Waals surface area contributed by atoms with Crippen LogP contribution >= 0.6 is 0 Å². The topological polar surface area (TPSA) is 55.1 Å². The van der Waals surface area contributed by atoms with Crippen LogP contribution in [0, 0.1) is 6.92 Å². The van der Waals surface area contributed by atoms with Gasteiger partial charge in [-0.3, -0.25) is 0 Å². The van der Waals surface area contributed by atoms with Crippen molar-refractivity contribution >= 4 is 5.65 Å². The lowest BCUT2D eigenvalue weighted by molar-refractivity contribution is 0.563. The van der Waals surface area contributed by atoms with Crippen LogP contribution in [0.3, 0.4) is 0 Å². The summed E-state index contributed by atoms with van der Waals surface area (Å²) in [5, 5.41) is 16.1. The van der Waals surface area contributed by atoms with E-state index < -0.39 is 0 Å². The van der Waals surface area contributed by atoms with E-state index in [2.05, 4.69) is 34.5 Å². The fourth-order valence-corrected chi connectivity index (χ4v) is 1.72. The molecule has 0 atom stereocenters. The number of aryl methyl sites for hydroxylation is 2. The van der Waals surface area contributed by atoms with Gasteiger partial charge in [-0.2, -0.15) is 9.61 Å². The fourth-order valence-electron chi connectivity index (χ4n) is 1.72. The third-order valence-corrected chi connectivity index (χ3v) is 2.59. The van der Waals surface area contributed by atoms with Crippen LogP contribution in [0.5, 0.6) is 0 Å². The van der Waals surface area contributed by atoms with Crippen LogP contribution in [0.15, 0.2) is 12.1 Å². The number of aromatic nitrogens is 4. The highest BCUT2D eigenvalue weighted by Crippen LogP contribution is 2.04. The van der Waals surface area contributed by atoms with Crippen LogP contribution in [-0.2, 0) is 6.42 Å². The molecule has 5 nitrogen and oxygen atoms in total. The van der Waals surface area contributed by atoms with Crippen molar-refractivity contribution in [1.82, 2.24) is 25.1 Å². The van der Waals surface area contributed by atoms with Gasteiger partial charge in [-0.15, -0.1) is 10.2 Å². The van der Waals surface area contributed by atoms with Gasteiger partial charge in [0.25, 0.3) is 0 Å². The quantitative estimate of drug-likeness (QED) is 0.792. The van der Waals surface area contributed by atoms with Gasteiger partial charge in [0.2, 0.25) is 0 Å². The lowest BCUT2D eigenvalue weighted by Crippen LogP contribution is -2.24. The van der Waals surface area contributed by atoms with E-state index in [1.165, 1.54) is 0 Å². The molecule has 0 amide bonds. The van der Waals surface area contributed by atoms with Gasteiger partial charge >= 0.3 is 0 Å². The van der Waals surface area contributed by atoms with E-state index in [9.17, 15) is 0 Å². The van der Waals surface area contributed by atoms with Crippen molar-refractivity contribution in [1.29, 1.82) is 0 Å². The molecular weight excluding hydrogens is 214 g/mol. The molecule has 2 aromatic heterocycles. The highest BCUT2D eigenvalue weighted by atomic mass is 15.4. The Labute approximate surface area is 101 Å². The zero-order valence-corrected chi connectivity index (χ0v) is 10.6. The van der Waals surface area contributed by atoms with E-state index in [1.54, 1.807) is 0 Å². The lowest BCUT2D eigenvalue weighted by atomic mass is 10.3. The van der Waals surface area contributed by atoms with E-state index in [0.717, 1.165) is 36.6 Å². The first-order valence-corrected chi connectivity index (χ1v) is 6.08. The molecule has 0 unspecified atom stereocenters. The van der Waals surface area contributed by atoms with Crippen molar-refractivity contribution in [2.24, 2.45) is 0 Å². The first-order valence-electron chi connectivity index (χ1n) is 6.08. The Morgan fingerprint density at radius 3 is 2.88 bits per heavy atom. The Bertz CT molecular complexity index is 489. The van der Waals surface area contributed by atoms with Crippen molar-refractivity contribution in [3.63, 3.8) is 0 Å². The monoisotopic (exact) mass is 233 g/mol. The molecule has 0 aliphatic rings. The van der Waals surface area contributed by atoms with Crippen LogP contribution in [0.2, 0.25) is 0 Å². The van der Waals surface area contributed by atoms with Gasteiger partial charge in [0.05, 0.1) is 5.69 Å². The maximum Gasteiger partial charge on any atom is 0.177 e. The summed E-state index contributed by atoms with van der Waals surface area (Å²) in [4.78, 5) is 0. The third kappa shape index (κ3) is 3.00. The molecule has 0 spiro atoms. The van der Waals surface area contributed by atoms with Crippen molar-refractivity contribution in [2.75, 3.05) is 6.54 Å². The molecule has 1 N–H and O–H groups in total. The summed E-state index contributed by atoms with van der Waals surface area (Å²) in [5.74, 6) is 0.939. The average Bonchev–Trinajstić information content (AvgIpc) is 2.67. The van der Waals surface area contributed by atoms with Crippen LogP contribution < -0.4 is 5.32 Å². The molecule has 0 saturated heterocycles. The van der Waals surface area contributed by atoms with Gasteiger partial charge in [-0.25, -0.2) is 0 Å². The van der Waals surface area contributed by atoms with Crippen LogP contribution in [0.4, 0.5) is 0 Å². The highest BCUT2D eigenvalue weighted by Gasteiger charge is 2.06. The summed E-state index contributed by atoms with van der Waals surface area (Å²) in [6, 6.07) is 4.43. The molecule has 0 aliphatic heterocycles. The maximum atomic E-state index is 4.42. The predicted octanol–water partition coefficient (Wildman–Crippen LogP) is 1.36. The molecule has 2 aromatic rings. The lowest BCUT2D eigenvalue weighted by Gasteiger charge is -2.06. The maximum absolute atomic E-state index is 4.42. The first-order chi connectivity index (χ1) is 8.16. The van der Waals surface area contributed by atoms with Crippen LogP contribution in [0.25, 0.3) is 5.65 Å². The number of nitrogens with one attached hydrogen (secondary N) is 1. The number of nitrogens with zero attached hydrogens (tertiary/aromatic N) is 4. The number of hydrogen-bond acceptors (Lipinski definition) is 4. The largest absolute Gasteiger partial charge is 0.315 e. The molecule has 0 saturated carbocycles. The van der Waals surface area contributed by atoms with Gasteiger partial charge < -0.3 is 5.32 Å². The van der Waals surface area contributed by atoms with Gasteiger partial charge in [0.15, 0.2) is 11.5 Å². The second kappa shape index (κ2) is 5.23. The second-order valence-corrected chi connectivity index (χ2v) is 4.57. The van der Waals surface area contributed by atoms with Crippen LogP contribution in [0.1, 0.15) is 31.8 Å². The van der Waals surface area contributed by atoms with E-state index in [1.807, 2.05) is 23.6 Å². The molecule has 17 heavy (non-hydrogen) atoms. The second-order valence-electron chi connectivity index (χ2n) is 4.57. The van der Waals surface area contributed by atoms with Crippen LogP contribution in [-0.4, -0.2) is 32.4 Å². The summed E-state index contributed by atoms with van der Waals surface area (Å²) >= 11 is 0. The third-order valence-electron chi connectivity index (χ3n) is 2.59. The Kier molecular flexibility index (Phi) is 3.68. The Hall–Kier alpha value is -1.49. The zero-order valence-electron chi connectivity index (χ0n) is 10.6. The predicted molar refractivity (Wildman–Crippen MR) is 67.0 cm³/mol. The SMILES string of the molecule is Cc1ccc2nnc(CCCNC(C)C)n2n1. The Morgan fingerprint density at radius 1 is 1.29 bits per heavy atom. The van der Waals surface area contributed by atoms with E-state index >= 15 is 0 Å². The summed E-state index contributed by atoms with van der Waals surface area (Å²) in [6.45, 7) is 7.27. The molecule has 5 heteroatoms. The molecule has 92 valence electrons. The molecule has 0 aromatic carbocycles. The van der Waals surface area contributed by atoms with Gasteiger partial charge in [0, 0.05) is 12.5 Å². The van der Waals surface area contributed by atoms with Gasteiger partial charge in [-0.05, 0) is 32.0 Å².